The van der Waals surface area contributed by atoms with Gasteiger partial charge >= 0.3 is 0 Å². The van der Waals surface area contributed by atoms with Crippen molar-refractivity contribution in [2.24, 2.45) is 0 Å². The van der Waals surface area contributed by atoms with Crippen molar-refractivity contribution < 1.29 is 4.74 Å². The van der Waals surface area contributed by atoms with Crippen LogP contribution in [-0.4, -0.2) is 29.2 Å². The number of ether oxygens (including phenoxy) is 1. The van der Waals surface area contributed by atoms with Gasteiger partial charge in [0.15, 0.2) is 5.15 Å². The predicted octanol–water partition coefficient (Wildman–Crippen LogP) is 1.40. The molecule has 0 saturated carbocycles. The predicted molar refractivity (Wildman–Crippen MR) is 57.7 cm³/mol. The van der Waals surface area contributed by atoms with E-state index in [1.54, 1.807) is 12.4 Å². The molecule has 0 aliphatic carbocycles. The van der Waals surface area contributed by atoms with Crippen LogP contribution in [0.2, 0.25) is 5.15 Å². The van der Waals surface area contributed by atoms with Crippen molar-refractivity contribution in [1.29, 1.82) is 0 Å². The minimum Gasteiger partial charge on any atom is -0.373 e. The second-order valence-corrected chi connectivity index (χ2v) is 3.96. The zero-order chi connectivity index (χ0) is 10.5. The lowest BCUT2D eigenvalue weighted by Gasteiger charge is -2.10. The molecular weight excluding hydrogens is 214 g/mol. The first kappa shape index (κ1) is 10.8. The van der Waals surface area contributed by atoms with E-state index in [1.807, 2.05) is 0 Å². The highest BCUT2D eigenvalue weighted by Crippen LogP contribution is 2.11. The molecule has 0 radical (unpaired) electrons. The monoisotopic (exact) mass is 227 g/mol. The van der Waals surface area contributed by atoms with Crippen molar-refractivity contribution in [2.75, 3.05) is 13.2 Å². The standard InChI is InChI=1S/C10H14ClN3O/c11-10-9(13-4-5-14-10)7-15-6-8-2-1-3-12-8/h4-5,8,12H,1-3,6-7H2/t8-/m0/s1. The molecule has 5 heteroatoms. The average molecular weight is 228 g/mol. The van der Waals surface area contributed by atoms with Crippen LogP contribution in [0.25, 0.3) is 0 Å². The van der Waals surface area contributed by atoms with Gasteiger partial charge in [0, 0.05) is 18.4 Å². The van der Waals surface area contributed by atoms with Gasteiger partial charge in [-0.3, -0.25) is 4.98 Å². The van der Waals surface area contributed by atoms with Crippen LogP contribution in [0.1, 0.15) is 18.5 Å². The highest BCUT2D eigenvalue weighted by molar-refractivity contribution is 6.29. The molecule has 1 N–H and O–H groups in total. The van der Waals surface area contributed by atoms with E-state index in [2.05, 4.69) is 15.3 Å². The number of hydrogen-bond acceptors (Lipinski definition) is 4. The summed E-state index contributed by atoms with van der Waals surface area (Å²) >= 11 is 5.85. The van der Waals surface area contributed by atoms with E-state index in [0.29, 0.717) is 30.1 Å². The van der Waals surface area contributed by atoms with Crippen molar-refractivity contribution in [1.82, 2.24) is 15.3 Å². The highest BCUT2D eigenvalue weighted by Gasteiger charge is 2.14. The molecule has 1 aliphatic rings. The number of hydrogen-bond donors (Lipinski definition) is 1. The Labute approximate surface area is 94.0 Å². The maximum atomic E-state index is 5.85. The Balaban J connectivity index is 1.75. The van der Waals surface area contributed by atoms with E-state index in [9.17, 15) is 0 Å². The summed E-state index contributed by atoms with van der Waals surface area (Å²) in [5.41, 5.74) is 0.706. The number of rotatable bonds is 4. The van der Waals surface area contributed by atoms with Crippen LogP contribution in [-0.2, 0) is 11.3 Å². The molecule has 1 aromatic rings. The Hall–Kier alpha value is -0.710. The summed E-state index contributed by atoms with van der Waals surface area (Å²) < 4.78 is 5.54. The molecule has 0 unspecified atom stereocenters. The molecule has 1 aliphatic heterocycles. The quantitative estimate of drug-likeness (QED) is 0.845. The highest BCUT2D eigenvalue weighted by atomic mass is 35.5. The maximum Gasteiger partial charge on any atom is 0.152 e. The van der Waals surface area contributed by atoms with Crippen LogP contribution in [0.3, 0.4) is 0 Å². The zero-order valence-electron chi connectivity index (χ0n) is 8.45. The third kappa shape index (κ3) is 3.12. The van der Waals surface area contributed by atoms with Gasteiger partial charge in [-0.15, -0.1) is 0 Å². The second kappa shape index (κ2) is 5.39. The van der Waals surface area contributed by atoms with Crippen molar-refractivity contribution in [2.45, 2.75) is 25.5 Å². The minimum atomic E-state index is 0.428. The molecule has 82 valence electrons. The first-order valence-electron chi connectivity index (χ1n) is 5.13. The fraction of sp³-hybridized carbons (Fsp3) is 0.600. The van der Waals surface area contributed by atoms with Gasteiger partial charge in [-0.05, 0) is 19.4 Å². The summed E-state index contributed by atoms with van der Waals surface area (Å²) in [7, 11) is 0. The van der Waals surface area contributed by atoms with Crippen LogP contribution in [0.15, 0.2) is 12.4 Å². The van der Waals surface area contributed by atoms with Gasteiger partial charge in [-0.25, -0.2) is 4.98 Å². The van der Waals surface area contributed by atoms with Gasteiger partial charge in [0.1, 0.15) is 5.69 Å². The molecule has 0 spiro atoms. The van der Waals surface area contributed by atoms with Crippen molar-refractivity contribution in [3.8, 4) is 0 Å². The van der Waals surface area contributed by atoms with E-state index in [-0.39, 0.29) is 0 Å². The van der Waals surface area contributed by atoms with E-state index < -0.39 is 0 Å². The smallest absolute Gasteiger partial charge is 0.152 e. The van der Waals surface area contributed by atoms with Gasteiger partial charge < -0.3 is 10.1 Å². The molecule has 2 rings (SSSR count). The van der Waals surface area contributed by atoms with Crippen LogP contribution >= 0.6 is 11.6 Å². The lowest BCUT2D eigenvalue weighted by molar-refractivity contribution is 0.101. The van der Waals surface area contributed by atoms with E-state index >= 15 is 0 Å². The molecule has 4 nitrogen and oxygen atoms in total. The first-order valence-corrected chi connectivity index (χ1v) is 5.50. The molecule has 0 bridgehead atoms. The topological polar surface area (TPSA) is 47.0 Å². The summed E-state index contributed by atoms with van der Waals surface area (Å²) in [5.74, 6) is 0. The maximum absolute atomic E-state index is 5.85. The molecular formula is C10H14ClN3O. The van der Waals surface area contributed by atoms with Gasteiger partial charge in [0.05, 0.1) is 13.2 Å². The molecule has 2 heterocycles. The fourth-order valence-corrected chi connectivity index (χ4v) is 1.80. The summed E-state index contributed by atoms with van der Waals surface area (Å²) in [5, 5.41) is 3.79. The van der Waals surface area contributed by atoms with E-state index in [1.165, 1.54) is 12.8 Å². The number of nitrogens with zero attached hydrogens (tertiary/aromatic N) is 2. The third-order valence-electron chi connectivity index (χ3n) is 2.44. The largest absolute Gasteiger partial charge is 0.373 e. The second-order valence-electron chi connectivity index (χ2n) is 3.60. The van der Waals surface area contributed by atoms with Crippen LogP contribution in [0.4, 0.5) is 0 Å². The Morgan fingerprint density at radius 2 is 2.33 bits per heavy atom. The zero-order valence-corrected chi connectivity index (χ0v) is 9.20. The minimum absolute atomic E-state index is 0.428. The average Bonchev–Trinajstić information content (AvgIpc) is 2.74. The Morgan fingerprint density at radius 3 is 3.07 bits per heavy atom. The summed E-state index contributed by atoms with van der Waals surface area (Å²) in [6, 6.07) is 0.487. The normalized spacial score (nSPS) is 20.7. The van der Waals surface area contributed by atoms with E-state index in [0.717, 1.165) is 6.54 Å². The molecule has 0 amide bonds. The Morgan fingerprint density at radius 1 is 1.47 bits per heavy atom. The lowest BCUT2D eigenvalue weighted by Crippen LogP contribution is -2.26. The molecule has 1 fully saturated rings. The summed E-state index contributed by atoms with van der Waals surface area (Å²) in [4.78, 5) is 8.04. The van der Waals surface area contributed by atoms with Crippen molar-refractivity contribution in [3.63, 3.8) is 0 Å². The van der Waals surface area contributed by atoms with Crippen LogP contribution in [0.5, 0.6) is 0 Å². The summed E-state index contributed by atoms with van der Waals surface area (Å²) in [6.07, 6.45) is 5.62. The molecule has 1 saturated heterocycles. The van der Waals surface area contributed by atoms with Gasteiger partial charge in [0.25, 0.3) is 0 Å². The summed E-state index contributed by atoms with van der Waals surface area (Å²) in [6.45, 7) is 2.25. The van der Waals surface area contributed by atoms with Gasteiger partial charge in [0.2, 0.25) is 0 Å². The third-order valence-corrected chi connectivity index (χ3v) is 2.76. The van der Waals surface area contributed by atoms with Crippen molar-refractivity contribution >= 4 is 11.6 Å². The van der Waals surface area contributed by atoms with Gasteiger partial charge in [-0.1, -0.05) is 11.6 Å². The lowest BCUT2D eigenvalue weighted by atomic mass is 10.2. The molecule has 0 aromatic carbocycles. The number of aromatic nitrogens is 2. The molecule has 1 atom stereocenters. The van der Waals surface area contributed by atoms with E-state index in [4.69, 9.17) is 16.3 Å². The van der Waals surface area contributed by atoms with Crippen LogP contribution in [0, 0.1) is 0 Å². The van der Waals surface area contributed by atoms with Crippen LogP contribution < -0.4 is 5.32 Å². The molecule has 1 aromatic heterocycles. The number of halogens is 1. The fourth-order valence-electron chi connectivity index (χ4n) is 1.64. The SMILES string of the molecule is Clc1nccnc1COC[C@@H]1CCCN1. The Kier molecular flexibility index (Phi) is 3.88. The van der Waals surface area contributed by atoms with Crippen molar-refractivity contribution in [3.05, 3.63) is 23.2 Å². The Bertz CT molecular complexity index is 315. The first-order chi connectivity index (χ1) is 7.36. The van der Waals surface area contributed by atoms with Gasteiger partial charge in [-0.2, -0.15) is 0 Å². The molecule has 15 heavy (non-hydrogen) atoms. The number of nitrogens with one attached hydrogen (secondary N) is 1.